The zero-order chi connectivity index (χ0) is 17.1. The van der Waals surface area contributed by atoms with Crippen molar-refractivity contribution < 1.29 is 13.9 Å². The number of hydrogen-bond donors (Lipinski definition) is 1. The highest BCUT2D eigenvalue weighted by Gasteiger charge is 2.11. The lowest BCUT2D eigenvalue weighted by Crippen LogP contribution is -2.10. The molecule has 2 aromatic heterocycles. The molecule has 0 saturated carbocycles. The maximum Gasteiger partial charge on any atom is 0.322 e. The maximum absolute atomic E-state index is 12.1. The van der Waals surface area contributed by atoms with Gasteiger partial charge in [-0.2, -0.15) is 0 Å². The average molecular weight is 323 g/mol. The number of rotatable bonds is 4. The normalized spacial score (nSPS) is 10.5. The van der Waals surface area contributed by atoms with E-state index in [1.165, 1.54) is 0 Å². The zero-order valence-electron chi connectivity index (χ0n) is 13.7. The lowest BCUT2D eigenvalue weighted by molar-refractivity contribution is 0.0995. The fraction of sp³-hybridized carbons (Fsp3) is 0.167. The quantitative estimate of drug-likeness (QED) is 0.784. The number of carbonyl (C=O) groups excluding carboxylic acids is 1. The first-order chi connectivity index (χ1) is 11.5. The molecule has 0 saturated heterocycles. The number of aromatic nitrogens is 2. The van der Waals surface area contributed by atoms with E-state index >= 15 is 0 Å². The van der Waals surface area contributed by atoms with Gasteiger partial charge in [0.2, 0.25) is 0 Å². The van der Waals surface area contributed by atoms with Crippen LogP contribution in [0, 0.1) is 20.8 Å². The standard InChI is InChI=1S/C18H17N3O3/c1-11-9-12(2)20-18(19-11)24-15-6-4-5-14(10-15)21-17(22)16-8-7-13(3)23-16/h4-10H,1-3H3,(H,21,22). The number of anilines is 1. The summed E-state index contributed by atoms with van der Waals surface area (Å²) in [7, 11) is 0. The number of amides is 1. The lowest BCUT2D eigenvalue weighted by Gasteiger charge is -2.08. The van der Waals surface area contributed by atoms with E-state index < -0.39 is 0 Å². The Morgan fingerprint density at radius 2 is 1.79 bits per heavy atom. The van der Waals surface area contributed by atoms with Gasteiger partial charge >= 0.3 is 6.01 Å². The molecule has 0 aliphatic carbocycles. The topological polar surface area (TPSA) is 77.2 Å². The molecule has 3 rings (SSSR count). The fourth-order valence-corrected chi connectivity index (χ4v) is 2.23. The largest absolute Gasteiger partial charge is 0.456 e. The number of nitrogens with one attached hydrogen (secondary N) is 1. The number of furan rings is 1. The average Bonchev–Trinajstić information content (AvgIpc) is 2.93. The summed E-state index contributed by atoms with van der Waals surface area (Å²) in [6.07, 6.45) is 0. The molecule has 0 spiro atoms. The molecule has 0 aliphatic rings. The van der Waals surface area contributed by atoms with Crippen LogP contribution in [0.25, 0.3) is 0 Å². The summed E-state index contributed by atoms with van der Waals surface area (Å²) in [5.41, 5.74) is 2.25. The molecule has 3 aromatic rings. The SMILES string of the molecule is Cc1cc(C)nc(Oc2cccc(NC(=O)c3ccc(C)o3)c2)n1. The molecule has 24 heavy (non-hydrogen) atoms. The third kappa shape index (κ3) is 3.78. The summed E-state index contributed by atoms with van der Waals surface area (Å²) in [6.45, 7) is 5.54. The first-order valence-corrected chi connectivity index (χ1v) is 7.47. The molecule has 1 amide bonds. The van der Waals surface area contributed by atoms with Crippen molar-refractivity contribution in [1.82, 2.24) is 9.97 Å². The third-order valence-corrected chi connectivity index (χ3v) is 3.23. The minimum atomic E-state index is -0.317. The zero-order valence-corrected chi connectivity index (χ0v) is 13.7. The predicted molar refractivity (Wildman–Crippen MR) is 89.4 cm³/mol. The van der Waals surface area contributed by atoms with Crippen molar-refractivity contribution >= 4 is 11.6 Å². The van der Waals surface area contributed by atoms with Gasteiger partial charge in [-0.3, -0.25) is 4.79 Å². The van der Waals surface area contributed by atoms with Crippen molar-refractivity contribution in [3.05, 3.63) is 65.4 Å². The molecule has 2 heterocycles. The van der Waals surface area contributed by atoms with Crippen molar-refractivity contribution in [2.75, 3.05) is 5.32 Å². The summed E-state index contributed by atoms with van der Waals surface area (Å²) in [4.78, 5) is 20.6. The third-order valence-electron chi connectivity index (χ3n) is 3.23. The van der Waals surface area contributed by atoms with Gasteiger partial charge in [0.25, 0.3) is 5.91 Å². The van der Waals surface area contributed by atoms with Crippen molar-refractivity contribution in [2.45, 2.75) is 20.8 Å². The summed E-state index contributed by atoms with van der Waals surface area (Å²) in [5, 5.41) is 2.77. The number of ether oxygens (including phenoxy) is 1. The van der Waals surface area contributed by atoms with Crippen LogP contribution < -0.4 is 10.1 Å². The van der Waals surface area contributed by atoms with Crippen LogP contribution in [0.5, 0.6) is 11.8 Å². The molecule has 1 aromatic carbocycles. The summed E-state index contributed by atoms with van der Waals surface area (Å²) in [5.74, 6) is 1.16. The lowest BCUT2D eigenvalue weighted by atomic mass is 10.3. The number of benzene rings is 1. The summed E-state index contributed by atoms with van der Waals surface area (Å²) < 4.78 is 11.0. The molecular formula is C18H17N3O3. The van der Waals surface area contributed by atoms with Crippen LogP contribution in [-0.2, 0) is 0 Å². The highest BCUT2D eigenvalue weighted by molar-refractivity contribution is 6.02. The van der Waals surface area contributed by atoms with Crippen LogP contribution in [0.15, 0.2) is 46.9 Å². The van der Waals surface area contributed by atoms with Crippen molar-refractivity contribution in [2.24, 2.45) is 0 Å². The molecule has 0 atom stereocenters. The number of nitrogens with zero attached hydrogens (tertiary/aromatic N) is 2. The highest BCUT2D eigenvalue weighted by atomic mass is 16.5. The molecule has 0 bridgehead atoms. The van der Waals surface area contributed by atoms with Crippen molar-refractivity contribution in [3.63, 3.8) is 0 Å². The monoisotopic (exact) mass is 323 g/mol. The Bertz CT molecular complexity index is 866. The second-order valence-electron chi connectivity index (χ2n) is 5.43. The van der Waals surface area contributed by atoms with Gasteiger partial charge in [-0.25, -0.2) is 9.97 Å². The van der Waals surface area contributed by atoms with E-state index in [9.17, 15) is 4.79 Å². The molecule has 0 aliphatic heterocycles. The Hall–Kier alpha value is -3.15. The minimum absolute atomic E-state index is 0.261. The molecule has 6 nitrogen and oxygen atoms in total. The Balaban J connectivity index is 1.75. The summed E-state index contributed by atoms with van der Waals surface area (Å²) in [6, 6.07) is 12.5. The molecule has 0 fully saturated rings. The van der Waals surface area contributed by atoms with Crippen LogP contribution in [0.2, 0.25) is 0 Å². The van der Waals surface area contributed by atoms with Crippen LogP contribution >= 0.6 is 0 Å². The van der Waals surface area contributed by atoms with E-state index in [1.54, 1.807) is 43.3 Å². The molecule has 122 valence electrons. The van der Waals surface area contributed by atoms with E-state index in [0.717, 1.165) is 11.4 Å². The Labute approximate surface area is 139 Å². The van der Waals surface area contributed by atoms with Gasteiger partial charge in [0.15, 0.2) is 5.76 Å². The molecule has 6 heteroatoms. The van der Waals surface area contributed by atoms with E-state index in [0.29, 0.717) is 17.2 Å². The van der Waals surface area contributed by atoms with E-state index in [4.69, 9.17) is 9.15 Å². The second-order valence-corrected chi connectivity index (χ2v) is 5.43. The second kappa shape index (κ2) is 6.54. The van der Waals surface area contributed by atoms with Gasteiger partial charge in [-0.05, 0) is 51.1 Å². The van der Waals surface area contributed by atoms with Gasteiger partial charge in [0.05, 0.1) is 0 Å². The van der Waals surface area contributed by atoms with Gasteiger partial charge in [0, 0.05) is 23.1 Å². The van der Waals surface area contributed by atoms with Crippen molar-refractivity contribution in [1.29, 1.82) is 0 Å². The van der Waals surface area contributed by atoms with Gasteiger partial charge < -0.3 is 14.5 Å². The fourth-order valence-electron chi connectivity index (χ4n) is 2.23. The molecule has 1 N–H and O–H groups in total. The van der Waals surface area contributed by atoms with Crippen molar-refractivity contribution in [3.8, 4) is 11.8 Å². The molecule has 0 unspecified atom stereocenters. The first kappa shape index (κ1) is 15.7. The maximum atomic E-state index is 12.1. The Kier molecular flexibility index (Phi) is 4.29. The summed E-state index contributed by atoms with van der Waals surface area (Å²) >= 11 is 0. The predicted octanol–water partition coefficient (Wildman–Crippen LogP) is 4.04. The van der Waals surface area contributed by atoms with Gasteiger partial charge in [-0.1, -0.05) is 6.07 Å². The Morgan fingerprint density at radius 3 is 2.46 bits per heavy atom. The van der Waals surface area contributed by atoms with Crippen LogP contribution in [-0.4, -0.2) is 15.9 Å². The Morgan fingerprint density at radius 1 is 1.04 bits per heavy atom. The smallest absolute Gasteiger partial charge is 0.322 e. The van der Waals surface area contributed by atoms with Crippen LogP contribution in [0.3, 0.4) is 0 Å². The number of aryl methyl sites for hydroxylation is 3. The molecule has 0 radical (unpaired) electrons. The number of carbonyl (C=O) groups is 1. The minimum Gasteiger partial charge on any atom is -0.456 e. The van der Waals surface area contributed by atoms with Gasteiger partial charge in [-0.15, -0.1) is 0 Å². The number of hydrogen-bond acceptors (Lipinski definition) is 5. The highest BCUT2D eigenvalue weighted by Crippen LogP contribution is 2.22. The van der Waals surface area contributed by atoms with E-state index in [-0.39, 0.29) is 17.7 Å². The van der Waals surface area contributed by atoms with Gasteiger partial charge in [0.1, 0.15) is 11.5 Å². The van der Waals surface area contributed by atoms with Crippen LogP contribution in [0.4, 0.5) is 5.69 Å². The van der Waals surface area contributed by atoms with E-state index in [2.05, 4.69) is 15.3 Å². The molecular weight excluding hydrogens is 306 g/mol. The first-order valence-electron chi connectivity index (χ1n) is 7.47. The van der Waals surface area contributed by atoms with E-state index in [1.807, 2.05) is 19.9 Å². The van der Waals surface area contributed by atoms with Crippen LogP contribution in [0.1, 0.15) is 27.7 Å².